The number of carbonyl (C=O) groups excluding carboxylic acids is 1. The van der Waals surface area contributed by atoms with E-state index in [0.29, 0.717) is 11.6 Å². The summed E-state index contributed by atoms with van der Waals surface area (Å²) in [4.78, 5) is 20.1. The van der Waals surface area contributed by atoms with Crippen LogP contribution in [0.4, 0.5) is 0 Å². The average Bonchev–Trinajstić information content (AvgIpc) is 2.76. The van der Waals surface area contributed by atoms with E-state index >= 15 is 0 Å². The van der Waals surface area contributed by atoms with E-state index in [-0.39, 0.29) is 17.7 Å². The summed E-state index contributed by atoms with van der Waals surface area (Å²) in [6.45, 7) is 5.69. The van der Waals surface area contributed by atoms with Crippen molar-refractivity contribution < 1.29 is 4.79 Å². The normalized spacial score (nSPS) is 12.9. The van der Waals surface area contributed by atoms with Crippen molar-refractivity contribution in [2.75, 3.05) is 0 Å². The number of hydrogen-bond acceptors (Lipinski definition) is 5. The summed E-state index contributed by atoms with van der Waals surface area (Å²) in [7, 11) is 0. The maximum absolute atomic E-state index is 11.9. The van der Waals surface area contributed by atoms with Crippen LogP contribution in [-0.4, -0.2) is 31.5 Å². The van der Waals surface area contributed by atoms with Gasteiger partial charge in [0.2, 0.25) is 5.91 Å². The van der Waals surface area contributed by atoms with E-state index in [9.17, 15) is 4.79 Å². The van der Waals surface area contributed by atoms with Gasteiger partial charge in [-0.3, -0.25) is 4.79 Å². The van der Waals surface area contributed by atoms with E-state index in [2.05, 4.69) is 26.5 Å². The summed E-state index contributed by atoms with van der Waals surface area (Å²) in [6.07, 6.45) is 3.35. The number of rotatable bonds is 3. The smallest absolute Gasteiger partial charge is 0.252 e. The number of nitriles is 1. The Morgan fingerprint density at radius 1 is 1.55 bits per heavy atom. The van der Waals surface area contributed by atoms with Crippen molar-refractivity contribution >= 4 is 11.7 Å². The standard InChI is InChI=1S/C13H16N6O/c1-13(2,3)9(8-14)16-11(20)7-10-17-12-15-5-4-6-19(12)18-10/h4-6,9H,7H2,1-3H3,(H,16,20). The van der Waals surface area contributed by atoms with E-state index in [1.807, 2.05) is 20.8 Å². The third-order valence-corrected chi connectivity index (χ3v) is 2.78. The summed E-state index contributed by atoms with van der Waals surface area (Å²) in [5, 5.41) is 15.9. The minimum Gasteiger partial charge on any atom is -0.339 e. The molecule has 1 amide bonds. The molecule has 0 spiro atoms. The molecule has 0 saturated carbocycles. The number of fused-ring (bicyclic) bond motifs is 1. The summed E-state index contributed by atoms with van der Waals surface area (Å²) in [5.74, 6) is 0.553. The second-order valence-corrected chi connectivity index (χ2v) is 5.56. The van der Waals surface area contributed by atoms with Gasteiger partial charge in [0.05, 0.1) is 12.5 Å². The number of aromatic nitrogens is 4. The molecule has 2 aromatic heterocycles. The lowest BCUT2D eigenvalue weighted by Crippen LogP contribution is -2.43. The topological polar surface area (TPSA) is 96.0 Å². The molecule has 0 aliphatic carbocycles. The van der Waals surface area contributed by atoms with Crippen LogP contribution in [0.5, 0.6) is 0 Å². The van der Waals surface area contributed by atoms with Gasteiger partial charge in [-0.05, 0) is 11.5 Å². The molecule has 20 heavy (non-hydrogen) atoms. The zero-order valence-corrected chi connectivity index (χ0v) is 11.7. The highest BCUT2D eigenvalue weighted by molar-refractivity contribution is 5.78. The van der Waals surface area contributed by atoms with E-state index in [0.717, 1.165) is 0 Å². The SMILES string of the molecule is CC(C)(C)C(C#N)NC(=O)Cc1nc2ncccn2n1. The van der Waals surface area contributed by atoms with Crippen molar-refractivity contribution in [2.24, 2.45) is 5.41 Å². The Bertz CT molecular complexity index is 630. The molecule has 2 heterocycles. The number of hydrogen-bond donors (Lipinski definition) is 1. The molecule has 104 valence electrons. The first-order valence-corrected chi connectivity index (χ1v) is 6.25. The van der Waals surface area contributed by atoms with Crippen molar-refractivity contribution in [3.63, 3.8) is 0 Å². The first-order chi connectivity index (χ1) is 9.40. The monoisotopic (exact) mass is 272 g/mol. The highest BCUT2D eigenvalue weighted by atomic mass is 16.1. The van der Waals surface area contributed by atoms with Crippen LogP contribution in [0.3, 0.4) is 0 Å². The van der Waals surface area contributed by atoms with Crippen LogP contribution >= 0.6 is 0 Å². The molecule has 0 radical (unpaired) electrons. The molecule has 2 aromatic rings. The fourth-order valence-corrected chi connectivity index (χ4v) is 1.65. The molecule has 0 bridgehead atoms. The molecular formula is C13H16N6O. The second-order valence-electron chi connectivity index (χ2n) is 5.56. The van der Waals surface area contributed by atoms with Crippen LogP contribution in [0.25, 0.3) is 5.78 Å². The third kappa shape index (κ3) is 3.09. The highest BCUT2D eigenvalue weighted by Gasteiger charge is 2.26. The van der Waals surface area contributed by atoms with E-state index < -0.39 is 6.04 Å². The molecular weight excluding hydrogens is 256 g/mol. The Morgan fingerprint density at radius 2 is 2.30 bits per heavy atom. The second kappa shape index (κ2) is 5.25. The Hall–Kier alpha value is -2.49. The first-order valence-electron chi connectivity index (χ1n) is 6.25. The largest absolute Gasteiger partial charge is 0.339 e. The van der Waals surface area contributed by atoms with Gasteiger partial charge in [0.1, 0.15) is 6.04 Å². The van der Waals surface area contributed by atoms with Crippen molar-refractivity contribution in [2.45, 2.75) is 33.2 Å². The number of amides is 1. The third-order valence-electron chi connectivity index (χ3n) is 2.78. The zero-order chi connectivity index (χ0) is 14.8. The summed E-state index contributed by atoms with van der Waals surface area (Å²) in [5.41, 5.74) is -0.321. The average molecular weight is 272 g/mol. The van der Waals surface area contributed by atoms with Gasteiger partial charge in [-0.1, -0.05) is 20.8 Å². The lowest BCUT2D eigenvalue weighted by Gasteiger charge is -2.25. The number of carbonyl (C=O) groups is 1. The molecule has 0 saturated heterocycles. The molecule has 0 aliphatic heterocycles. The Kier molecular flexibility index (Phi) is 3.66. The van der Waals surface area contributed by atoms with Gasteiger partial charge in [-0.15, -0.1) is 5.10 Å². The van der Waals surface area contributed by atoms with Crippen LogP contribution in [0, 0.1) is 16.7 Å². The van der Waals surface area contributed by atoms with Crippen LogP contribution in [0.15, 0.2) is 18.5 Å². The van der Waals surface area contributed by atoms with Gasteiger partial charge in [0.25, 0.3) is 5.78 Å². The lowest BCUT2D eigenvalue weighted by molar-refractivity contribution is -0.121. The van der Waals surface area contributed by atoms with E-state index in [1.54, 1.807) is 18.5 Å². The van der Waals surface area contributed by atoms with E-state index in [4.69, 9.17) is 5.26 Å². The molecule has 0 fully saturated rings. The molecule has 7 nitrogen and oxygen atoms in total. The van der Waals surface area contributed by atoms with Gasteiger partial charge in [-0.25, -0.2) is 9.50 Å². The highest BCUT2D eigenvalue weighted by Crippen LogP contribution is 2.18. The van der Waals surface area contributed by atoms with Crippen LogP contribution in [-0.2, 0) is 11.2 Å². The van der Waals surface area contributed by atoms with Gasteiger partial charge in [-0.2, -0.15) is 10.2 Å². The van der Waals surface area contributed by atoms with Crippen LogP contribution in [0.1, 0.15) is 26.6 Å². The molecule has 0 aromatic carbocycles. The van der Waals surface area contributed by atoms with Crippen molar-refractivity contribution in [3.05, 3.63) is 24.3 Å². The van der Waals surface area contributed by atoms with Gasteiger partial charge < -0.3 is 5.32 Å². The molecule has 7 heteroatoms. The predicted octanol–water partition coefficient (Wildman–Crippen LogP) is 0.721. The maximum atomic E-state index is 11.9. The number of nitrogens with one attached hydrogen (secondary N) is 1. The van der Waals surface area contributed by atoms with Crippen molar-refractivity contribution in [1.29, 1.82) is 5.26 Å². The van der Waals surface area contributed by atoms with Crippen molar-refractivity contribution in [1.82, 2.24) is 24.9 Å². The maximum Gasteiger partial charge on any atom is 0.252 e. The molecule has 2 rings (SSSR count). The van der Waals surface area contributed by atoms with E-state index in [1.165, 1.54) is 4.52 Å². The summed E-state index contributed by atoms with van der Waals surface area (Å²) in [6, 6.07) is 3.28. The fourth-order valence-electron chi connectivity index (χ4n) is 1.65. The van der Waals surface area contributed by atoms with Gasteiger partial charge in [0, 0.05) is 12.4 Å². The Balaban J connectivity index is 2.06. The minimum atomic E-state index is -0.551. The predicted molar refractivity (Wildman–Crippen MR) is 71.5 cm³/mol. The lowest BCUT2D eigenvalue weighted by atomic mass is 9.87. The van der Waals surface area contributed by atoms with Gasteiger partial charge >= 0.3 is 0 Å². The Labute approximate surface area is 116 Å². The molecule has 1 atom stereocenters. The molecule has 0 aliphatic rings. The first kappa shape index (κ1) is 13.9. The molecule has 1 N–H and O–H groups in total. The Morgan fingerprint density at radius 3 is 2.90 bits per heavy atom. The quantitative estimate of drug-likeness (QED) is 0.888. The van der Waals surface area contributed by atoms with Crippen LogP contribution < -0.4 is 5.32 Å². The zero-order valence-electron chi connectivity index (χ0n) is 11.7. The summed E-state index contributed by atoms with van der Waals surface area (Å²) >= 11 is 0. The summed E-state index contributed by atoms with van der Waals surface area (Å²) < 4.78 is 1.51. The number of nitrogens with zero attached hydrogens (tertiary/aromatic N) is 5. The fraction of sp³-hybridized carbons (Fsp3) is 0.462. The van der Waals surface area contributed by atoms with Crippen molar-refractivity contribution in [3.8, 4) is 6.07 Å². The molecule has 1 unspecified atom stereocenters. The minimum absolute atomic E-state index is 0.0254. The van der Waals surface area contributed by atoms with Crippen LogP contribution in [0.2, 0.25) is 0 Å². The van der Waals surface area contributed by atoms with Gasteiger partial charge in [0.15, 0.2) is 5.82 Å².